The molecule has 0 saturated heterocycles. The monoisotopic (exact) mass is 293 g/mol. The number of benzene rings is 1. The van der Waals surface area contributed by atoms with Crippen molar-refractivity contribution in [3.63, 3.8) is 0 Å². The third-order valence-electron chi connectivity index (χ3n) is 2.89. The molecule has 1 aromatic carbocycles. The highest BCUT2D eigenvalue weighted by Crippen LogP contribution is 2.30. The minimum absolute atomic E-state index is 0.392. The molecule has 2 rings (SSSR count). The molecular formula is C16H23NO4. The van der Waals surface area contributed by atoms with E-state index >= 15 is 0 Å². The maximum absolute atomic E-state index is 11.5. The lowest BCUT2D eigenvalue weighted by Crippen LogP contribution is -2.33. The molecule has 5 nitrogen and oxygen atoms in total. The van der Waals surface area contributed by atoms with Gasteiger partial charge in [-0.15, -0.1) is 0 Å². The standard InChI is InChI=1S/C16H23NO4/c1-16(2,3)21-15(18)17-8-7-12-5-6-13-14(11-12)20-10-4-9-19-13/h5-6,11H,4,7-10H2,1-3H3,(H,17,18). The number of amides is 1. The molecule has 0 fully saturated rings. The van der Waals surface area contributed by atoms with Crippen LogP contribution in [0.5, 0.6) is 11.5 Å². The number of hydrogen-bond acceptors (Lipinski definition) is 4. The summed E-state index contributed by atoms with van der Waals surface area (Å²) in [6, 6.07) is 5.88. The molecule has 1 amide bonds. The van der Waals surface area contributed by atoms with Gasteiger partial charge in [-0.2, -0.15) is 0 Å². The van der Waals surface area contributed by atoms with E-state index in [1.807, 2.05) is 39.0 Å². The smallest absolute Gasteiger partial charge is 0.407 e. The normalized spacial score (nSPS) is 14.2. The van der Waals surface area contributed by atoms with Crippen LogP contribution >= 0.6 is 0 Å². The average molecular weight is 293 g/mol. The number of alkyl carbamates (subject to hydrolysis) is 1. The first-order valence-corrected chi connectivity index (χ1v) is 7.29. The van der Waals surface area contributed by atoms with Gasteiger partial charge < -0.3 is 19.5 Å². The third kappa shape index (κ3) is 5.17. The number of carbonyl (C=O) groups excluding carboxylic acids is 1. The molecule has 5 heteroatoms. The van der Waals surface area contributed by atoms with Gasteiger partial charge in [0.05, 0.1) is 13.2 Å². The lowest BCUT2D eigenvalue weighted by Gasteiger charge is -2.19. The van der Waals surface area contributed by atoms with Crippen molar-refractivity contribution in [2.75, 3.05) is 19.8 Å². The maximum atomic E-state index is 11.5. The van der Waals surface area contributed by atoms with E-state index in [1.165, 1.54) is 0 Å². The molecule has 1 aliphatic rings. The molecule has 1 aromatic rings. The van der Waals surface area contributed by atoms with Gasteiger partial charge in [0.1, 0.15) is 5.60 Å². The van der Waals surface area contributed by atoms with Crippen molar-refractivity contribution in [3.05, 3.63) is 23.8 Å². The third-order valence-corrected chi connectivity index (χ3v) is 2.89. The Kier molecular flexibility index (Phi) is 4.94. The zero-order valence-electron chi connectivity index (χ0n) is 12.9. The first kappa shape index (κ1) is 15.5. The van der Waals surface area contributed by atoms with Gasteiger partial charge in [0.15, 0.2) is 11.5 Å². The minimum atomic E-state index is -0.473. The van der Waals surface area contributed by atoms with Crippen LogP contribution in [-0.2, 0) is 11.2 Å². The van der Waals surface area contributed by atoms with Crippen LogP contribution in [0.15, 0.2) is 18.2 Å². The molecule has 116 valence electrons. The Balaban J connectivity index is 1.84. The Bertz CT molecular complexity index is 494. The van der Waals surface area contributed by atoms with Gasteiger partial charge in [0, 0.05) is 13.0 Å². The first-order chi connectivity index (χ1) is 9.94. The summed E-state index contributed by atoms with van der Waals surface area (Å²) in [6.07, 6.45) is 1.22. The zero-order chi connectivity index (χ0) is 15.3. The second kappa shape index (κ2) is 6.70. The van der Waals surface area contributed by atoms with Crippen molar-refractivity contribution in [2.45, 2.75) is 39.2 Å². The van der Waals surface area contributed by atoms with E-state index in [1.54, 1.807) is 0 Å². The van der Waals surface area contributed by atoms with E-state index in [-0.39, 0.29) is 0 Å². The topological polar surface area (TPSA) is 56.8 Å². The van der Waals surface area contributed by atoms with Crippen molar-refractivity contribution in [3.8, 4) is 11.5 Å². The SMILES string of the molecule is CC(C)(C)OC(=O)NCCc1ccc2c(c1)OCCCO2. The van der Waals surface area contributed by atoms with Crippen molar-refractivity contribution in [2.24, 2.45) is 0 Å². The summed E-state index contributed by atoms with van der Waals surface area (Å²) in [5.74, 6) is 1.57. The highest BCUT2D eigenvalue weighted by molar-refractivity contribution is 5.67. The second-order valence-electron chi connectivity index (χ2n) is 6.01. The Morgan fingerprint density at radius 2 is 1.95 bits per heavy atom. The van der Waals surface area contributed by atoms with E-state index in [0.29, 0.717) is 19.8 Å². The summed E-state index contributed by atoms with van der Waals surface area (Å²) in [5, 5.41) is 2.75. The average Bonchev–Trinajstić information content (AvgIpc) is 2.61. The summed E-state index contributed by atoms with van der Waals surface area (Å²) < 4.78 is 16.4. The summed E-state index contributed by atoms with van der Waals surface area (Å²) in [6.45, 7) is 7.41. The molecule has 1 N–H and O–H groups in total. The van der Waals surface area contributed by atoms with Crippen LogP contribution in [0.1, 0.15) is 32.8 Å². The van der Waals surface area contributed by atoms with Crippen LogP contribution < -0.4 is 14.8 Å². The molecule has 0 radical (unpaired) electrons. The molecule has 1 heterocycles. The quantitative estimate of drug-likeness (QED) is 0.931. The molecule has 21 heavy (non-hydrogen) atoms. The summed E-state index contributed by atoms with van der Waals surface area (Å²) in [7, 11) is 0. The van der Waals surface area contributed by atoms with Gasteiger partial charge in [-0.25, -0.2) is 4.79 Å². The van der Waals surface area contributed by atoms with E-state index in [0.717, 1.165) is 29.9 Å². The van der Waals surface area contributed by atoms with E-state index in [9.17, 15) is 4.79 Å². The van der Waals surface area contributed by atoms with Crippen molar-refractivity contribution >= 4 is 6.09 Å². The Morgan fingerprint density at radius 1 is 1.24 bits per heavy atom. The molecule has 1 aliphatic heterocycles. The van der Waals surface area contributed by atoms with Crippen LogP contribution in [0.2, 0.25) is 0 Å². The molecular weight excluding hydrogens is 270 g/mol. The molecule has 0 unspecified atom stereocenters. The number of rotatable bonds is 3. The van der Waals surface area contributed by atoms with E-state index in [4.69, 9.17) is 14.2 Å². The van der Waals surface area contributed by atoms with Gasteiger partial charge in [-0.05, 0) is 44.9 Å². The van der Waals surface area contributed by atoms with Gasteiger partial charge in [-0.3, -0.25) is 0 Å². The fraction of sp³-hybridized carbons (Fsp3) is 0.562. The number of nitrogens with one attached hydrogen (secondary N) is 1. The number of carbonyl (C=O) groups is 1. The van der Waals surface area contributed by atoms with Crippen LogP contribution in [-0.4, -0.2) is 31.5 Å². The first-order valence-electron chi connectivity index (χ1n) is 7.29. The van der Waals surface area contributed by atoms with Crippen molar-refractivity contribution < 1.29 is 19.0 Å². The summed E-state index contributed by atoms with van der Waals surface area (Å²) >= 11 is 0. The highest BCUT2D eigenvalue weighted by atomic mass is 16.6. The van der Waals surface area contributed by atoms with E-state index < -0.39 is 11.7 Å². The number of ether oxygens (including phenoxy) is 3. The van der Waals surface area contributed by atoms with Gasteiger partial charge in [0.25, 0.3) is 0 Å². The molecule has 0 saturated carbocycles. The summed E-state index contributed by atoms with van der Waals surface area (Å²) in [4.78, 5) is 11.5. The van der Waals surface area contributed by atoms with Crippen LogP contribution in [0.3, 0.4) is 0 Å². The van der Waals surface area contributed by atoms with Gasteiger partial charge in [-0.1, -0.05) is 6.07 Å². The second-order valence-corrected chi connectivity index (χ2v) is 6.01. The lowest BCUT2D eigenvalue weighted by molar-refractivity contribution is 0.0528. The minimum Gasteiger partial charge on any atom is -0.490 e. The molecule has 0 atom stereocenters. The zero-order valence-corrected chi connectivity index (χ0v) is 12.9. The van der Waals surface area contributed by atoms with E-state index in [2.05, 4.69) is 5.32 Å². The fourth-order valence-electron chi connectivity index (χ4n) is 1.99. The van der Waals surface area contributed by atoms with Crippen molar-refractivity contribution in [1.82, 2.24) is 5.32 Å². The fourth-order valence-corrected chi connectivity index (χ4v) is 1.99. The Morgan fingerprint density at radius 3 is 2.67 bits per heavy atom. The Hall–Kier alpha value is -1.91. The lowest BCUT2D eigenvalue weighted by atomic mass is 10.1. The van der Waals surface area contributed by atoms with Gasteiger partial charge in [0.2, 0.25) is 0 Å². The molecule has 0 bridgehead atoms. The predicted octanol–water partition coefficient (Wildman–Crippen LogP) is 2.92. The number of hydrogen-bond donors (Lipinski definition) is 1. The van der Waals surface area contributed by atoms with Gasteiger partial charge >= 0.3 is 6.09 Å². The summed E-state index contributed by atoms with van der Waals surface area (Å²) in [5.41, 5.74) is 0.620. The number of fused-ring (bicyclic) bond motifs is 1. The Labute approximate surface area is 125 Å². The van der Waals surface area contributed by atoms with Crippen LogP contribution in [0.25, 0.3) is 0 Å². The van der Waals surface area contributed by atoms with Crippen molar-refractivity contribution in [1.29, 1.82) is 0 Å². The van der Waals surface area contributed by atoms with Crippen LogP contribution in [0, 0.1) is 0 Å². The maximum Gasteiger partial charge on any atom is 0.407 e. The molecule has 0 aromatic heterocycles. The molecule has 0 aliphatic carbocycles. The predicted molar refractivity (Wildman–Crippen MR) is 80.0 cm³/mol. The van der Waals surface area contributed by atoms with Crippen LogP contribution in [0.4, 0.5) is 4.79 Å². The highest BCUT2D eigenvalue weighted by Gasteiger charge is 2.15. The largest absolute Gasteiger partial charge is 0.490 e. The molecule has 0 spiro atoms.